The van der Waals surface area contributed by atoms with Crippen molar-refractivity contribution in [3.05, 3.63) is 36.0 Å². The van der Waals surface area contributed by atoms with E-state index in [1.54, 1.807) is 0 Å². The highest BCUT2D eigenvalue weighted by molar-refractivity contribution is 5.80. The molecule has 0 bridgehead atoms. The monoisotopic (exact) mass is 230 g/mol. The van der Waals surface area contributed by atoms with Crippen LogP contribution in [0.2, 0.25) is 0 Å². The predicted molar refractivity (Wildman–Crippen MR) is 64.9 cm³/mol. The fourth-order valence-corrected chi connectivity index (χ4v) is 2.21. The van der Waals surface area contributed by atoms with E-state index < -0.39 is 0 Å². The number of carbonyl (C=O) groups excluding carboxylic acids is 1. The van der Waals surface area contributed by atoms with Crippen molar-refractivity contribution in [3.8, 4) is 0 Å². The highest BCUT2D eigenvalue weighted by Gasteiger charge is 2.22. The van der Waals surface area contributed by atoms with Gasteiger partial charge in [0.05, 0.1) is 13.1 Å². The number of cyclic esters (lactones) is 1. The molecule has 0 aliphatic carbocycles. The average molecular weight is 230 g/mol. The van der Waals surface area contributed by atoms with E-state index in [0.717, 1.165) is 0 Å². The van der Waals surface area contributed by atoms with Gasteiger partial charge < -0.3 is 14.6 Å². The Bertz CT molecular complexity index is 574. The van der Waals surface area contributed by atoms with Crippen molar-refractivity contribution < 1.29 is 9.53 Å². The molecule has 0 saturated carbocycles. The van der Waals surface area contributed by atoms with E-state index in [4.69, 9.17) is 4.74 Å². The van der Waals surface area contributed by atoms with Crippen LogP contribution in [0.3, 0.4) is 0 Å². The van der Waals surface area contributed by atoms with Gasteiger partial charge in [-0.15, -0.1) is 0 Å². The fourth-order valence-electron chi connectivity index (χ4n) is 2.21. The van der Waals surface area contributed by atoms with Gasteiger partial charge in [0.2, 0.25) is 0 Å². The molecule has 1 aromatic heterocycles. The Morgan fingerprint density at radius 1 is 1.47 bits per heavy atom. The van der Waals surface area contributed by atoms with Crippen LogP contribution in [-0.2, 0) is 11.3 Å². The SMILES string of the molecule is Cc1ccc2ccn(CC3CNC(=O)O3)c2c1. The van der Waals surface area contributed by atoms with Gasteiger partial charge in [-0.2, -0.15) is 0 Å². The van der Waals surface area contributed by atoms with Gasteiger partial charge in [-0.25, -0.2) is 4.79 Å². The fraction of sp³-hybridized carbons (Fsp3) is 0.308. The summed E-state index contributed by atoms with van der Waals surface area (Å²) in [6, 6.07) is 8.45. The van der Waals surface area contributed by atoms with Crippen molar-refractivity contribution in [3.63, 3.8) is 0 Å². The molecule has 88 valence electrons. The minimum absolute atomic E-state index is 0.0707. The number of rotatable bonds is 2. The van der Waals surface area contributed by atoms with E-state index >= 15 is 0 Å². The molecule has 0 radical (unpaired) electrons. The molecule has 1 aliphatic heterocycles. The lowest BCUT2D eigenvalue weighted by molar-refractivity contribution is 0.131. The van der Waals surface area contributed by atoms with Crippen molar-refractivity contribution >= 4 is 17.0 Å². The highest BCUT2D eigenvalue weighted by Crippen LogP contribution is 2.18. The Morgan fingerprint density at radius 3 is 3.12 bits per heavy atom. The molecule has 4 heteroatoms. The summed E-state index contributed by atoms with van der Waals surface area (Å²) in [5, 5.41) is 3.88. The van der Waals surface area contributed by atoms with E-state index in [9.17, 15) is 4.79 Å². The zero-order chi connectivity index (χ0) is 11.8. The standard InChI is InChI=1S/C13H14N2O2/c1-9-2-3-10-4-5-15(12(10)6-9)8-11-7-14-13(16)17-11/h2-6,11H,7-8H2,1H3,(H,14,16). The number of nitrogens with one attached hydrogen (secondary N) is 1. The second kappa shape index (κ2) is 3.80. The molecule has 4 nitrogen and oxygen atoms in total. The Labute approximate surface area is 99.2 Å². The first-order valence-corrected chi connectivity index (χ1v) is 5.72. The Morgan fingerprint density at radius 2 is 2.35 bits per heavy atom. The molecule has 2 aromatic rings. The first-order valence-electron chi connectivity index (χ1n) is 5.72. The molecule has 1 fully saturated rings. The molecule has 1 atom stereocenters. The van der Waals surface area contributed by atoms with E-state index in [0.29, 0.717) is 13.1 Å². The molecule has 1 saturated heterocycles. The maximum Gasteiger partial charge on any atom is 0.407 e. The lowest BCUT2D eigenvalue weighted by atomic mass is 10.2. The smallest absolute Gasteiger partial charge is 0.407 e. The second-order valence-electron chi connectivity index (χ2n) is 4.44. The Hall–Kier alpha value is -1.97. The lowest BCUT2D eigenvalue weighted by Gasteiger charge is -2.10. The molecule has 1 aromatic carbocycles. The summed E-state index contributed by atoms with van der Waals surface area (Å²) in [6.45, 7) is 3.37. The molecular formula is C13H14N2O2. The molecule has 1 aliphatic rings. The van der Waals surface area contributed by atoms with Crippen LogP contribution in [0.1, 0.15) is 5.56 Å². The summed E-state index contributed by atoms with van der Waals surface area (Å²) < 4.78 is 7.28. The van der Waals surface area contributed by atoms with E-state index in [1.165, 1.54) is 16.5 Å². The van der Waals surface area contributed by atoms with Gasteiger partial charge in [-0.3, -0.25) is 0 Å². The van der Waals surface area contributed by atoms with E-state index in [1.807, 2.05) is 6.20 Å². The van der Waals surface area contributed by atoms with Gasteiger partial charge in [0.1, 0.15) is 6.10 Å². The average Bonchev–Trinajstić information content (AvgIpc) is 2.87. The summed E-state index contributed by atoms with van der Waals surface area (Å²) in [4.78, 5) is 11.0. The number of nitrogens with zero attached hydrogens (tertiary/aromatic N) is 1. The van der Waals surface area contributed by atoms with E-state index in [2.05, 4.69) is 41.1 Å². The third-order valence-corrected chi connectivity index (χ3v) is 3.08. The van der Waals surface area contributed by atoms with E-state index in [-0.39, 0.29) is 12.2 Å². The van der Waals surface area contributed by atoms with Crippen molar-refractivity contribution in [2.75, 3.05) is 6.54 Å². The normalized spacial score (nSPS) is 19.4. The number of amides is 1. The molecule has 2 heterocycles. The predicted octanol–water partition coefficient (Wildman–Crippen LogP) is 2.06. The third kappa shape index (κ3) is 1.86. The number of aryl methyl sites for hydroxylation is 1. The molecule has 0 spiro atoms. The first kappa shape index (κ1) is 10.2. The zero-order valence-corrected chi connectivity index (χ0v) is 9.64. The van der Waals surface area contributed by atoms with Gasteiger partial charge in [0.15, 0.2) is 0 Å². The van der Waals surface area contributed by atoms with Crippen molar-refractivity contribution in [1.29, 1.82) is 0 Å². The number of fused-ring (bicyclic) bond motifs is 1. The van der Waals surface area contributed by atoms with Gasteiger partial charge in [-0.1, -0.05) is 12.1 Å². The summed E-state index contributed by atoms with van der Waals surface area (Å²) in [5.74, 6) is 0. The van der Waals surface area contributed by atoms with Gasteiger partial charge in [0, 0.05) is 11.7 Å². The van der Waals surface area contributed by atoms with Crippen LogP contribution in [0.25, 0.3) is 10.9 Å². The van der Waals surface area contributed by atoms with Gasteiger partial charge in [0.25, 0.3) is 0 Å². The molecule has 1 amide bonds. The largest absolute Gasteiger partial charge is 0.442 e. The number of aromatic nitrogens is 1. The number of hydrogen-bond acceptors (Lipinski definition) is 2. The number of carbonyl (C=O) groups is 1. The van der Waals surface area contributed by atoms with Crippen LogP contribution in [0.4, 0.5) is 4.79 Å². The quantitative estimate of drug-likeness (QED) is 0.858. The van der Waals surface area contributed by atoms with Crippen LogP contribution in [0.15, 0.2) is 30.5 Å². The minimum atomic E-state index is -0.317. The van der Waals surface area contributed by atoms with Crippen LogP contribution < -0.4 is 5.32 Å². The minimum Gasteiger partial charge on any atom is -0.442 e. The van der Waals surface area contributed by atoms with Crippen LogP contribution in [0.5, 0.6) is 0 Å². The molecule has 17 heavy (non-hydrogen) atoms. The molecule has 1 N–H and O–H groups in total. The Kier molecular flexibility index (Phi) is 2.28. The van der Waals surface area contributed by atoms with Crippen molar-refractivity contribution in [1.82, 2.24) is 9.88 Å². The topological polar surface area (TPSA) is 43.3 Å². The number of ether oxygens (including phenoxy) is 1. The summed E-state index contributed by atoms with van der Waals surface area (Å²) in [6.07, 6.45) is 1.65. The zero-order valence-electron chi connectivity index (χ0n) is 9.64. The van der Waals surface area contributed by atoms with Gasteiger partial charge >= 0.3 is 6.09 Å². The summed E-state index contributed by atoms with van der Waals surface area (Å²) in [7, 11) is 0. The van der Waals surface area contributed by atoms with Crippen molar-refractivity contribution in [2.45, 2.75) is 19.6 Å². The first-order chi connectivity index (χ1) is 8.22. The molecular weight excluding hydrogens is 216 g/mol. The van der Waals surface area contributed by atoms with Crippen LogP contribution >= 0.6 is 0 Å². The highest BCUT2D eigenvalue weighted by atomic mass is 16.6. The third-order valence-electron chi connectivity index (χ3n) is 3.08. The van der Waals surface area contributed by atoms with Crippen LogP contribution in [-0.4, -0.2) is 23.3 Å². The van der Waals surface area contributed by atoms with Gasteiger partial charge in [-0.05, 0) is 30.0 Å². The maximum atomic E-state index is 11.0. The summed E-state index contributed by atoms with van der Waals surface area (Å²) >= 11 is 0. The van der Waals surface area contributed by atoms with Crippen molar-refractivity contribution in [2.24, 2.45) is 0 Å². The number of alkyl carbamates (subject to hydrolysis) is 1. The lowest BCUT2D eigenvalue weighted by Crippen LogP contribution is -2.20. The maximum absolute atomic E-state index is 11.0. The Balaban J connectivity index is 1.90. The summed E-state index contributed by atoms with van der Waals surface area (Å²) in [5.41, 5.74) is 2.42. The second-order valence-corrected chi connectivity index (χ2v) is 4.44. The molecule has 1 unspecified atom stereocenters. The van der Waals surface area contributed by atoms with Crippen LogP contribution in [0, 0.1) is 6.92 Å². The number of benzene rings is 1. The molecule has 3 rings (SSSR count). The number of hydrogen-bond donors (Lipinski definition) is 1.